The highest BCUT2D eigenvalue weighted by Gasteiger charge is 2.63. The van der Waals surface area contributed by atoms with Gasteiger partial charge in [0.15, 0.2) is 0 Å². The van der Waals surface area contributed by atoms with Gasteiger partial charge in [-0.1, -0.05) is 0 Å². The number of hydrogen-bond acceptors (Lipinski definition) is 2. The van der Waals surface area contributed by atoms with Crippen molar-refractivity contribution in [3.63, 3.8) is 0 Å². The fourth-order valence-corrected chi connectivity index (χ4v) is 12.0. The van der Waals surface area contributed by atoms with Crippen LogP contribution in [-0.2, 0) is 0 Å². The molecular weight excluding hydrogens is 348 g/mol. The monoisotopic (exact) mass is 382 g/mol. The summed E-state index contributed by atoms with van der Waals surface area (Å²) in [5.41, 5.74) is 1.06. The molecule has 0 unspecified atom stereocenters. The summed E-state index contributed by atoms with van der Waals surface area (Å²) in [5.74, 6) is 7.38. The highest BCUT2D eigenvalue weighted by Crippen LogP contribution is 2.74. The van der Waals surface area contributed by atoms with E-state index in [9.17, 15) is 5.11 Å². The second-order valence-electron chi connectivity index (χ2n) is 12.2. The van der Waals surface area contributed by atoms with Crippen LogP contribution in [-0.4, -0.2) is 5.11 Å². The van der Waals surface area contributed by atoms with Gasteiger partial charge in [-0.05, 0) is 135 Å². The minimum absolute atomic E-state index is 0.531. The summed E-state index contributed by atoms with van der Waals surface area (Å²) in [4.78, 5) is 1.42. The predicted octanol–water partition coefficient (Wildman–Crippen LogP) is 6.97. The van der Waals surface area contributed by atoms with Crippen molar-refractivity contribution in [3.05, 3.63) is 16.3 Å². The summed E-state index contributed by atoms with van der Waals surface area (Å²) in [6.45, 7) is 0. The van der Waals surface area contributed by atoms with E-state index in [2.05, 4.69) is 5.38 Å². The molecule has 2 heteroatoms. The number of thiophene rings is 1. The molecule has 0 saturated heterocycles. The first-order chi connectivity index (χ1) is 13.1. The topological polar surface area (TPSA) is 20.2 Å². The molecule has 8 fully saturated rings. The Morgan fingerprint density at radius 3 is 1.37 bits per heavy atom. The fourth-order valence-electron chi connectivity index (χ4n) is 10.8. The molecule has 0 radical (unpaired) electrons. The summed E-state index contributed by atoms with van der Waals surface area (Å²) in [6, 6.07) is 2.01. The molecule has 0 atom stereocenters. The predicted molar refractivity (Wildman–Crippen MR) is 110 cm³/mol. The van der Waals surface area contributed by atoms with Gasteiger partial charge in [0.05, 0.1) is 4.88 Å². The summed E-state index contributed by atoms with van der Waals surface area (Å²) in [6.07, 6.45) is 18.1. The van der Waals surface area contributed by atoms with Crippen molar-refractivity contribution >= 4 is 11.3 Å². The van der Waals surface area contributed by atoms with Crippen molar-refractivity contribution in [2.75, 3.05) is 0 Å². The van der Waals surface area contributed by atoms with E-state index in [4.69, 9.17) is 0 Å². The van der Waals surface area contributed by atoms with E-state index < -0.39 is 0 Å². The number of hydrogen-bond donors (Lipinski definition) is 1. The van der Waals surface area contributed by atoms with Crippen molar-refractivity contribution in [1.82, 2.24) is 0 Å². The van der Waals surface area contributed by atoms with E-state index in [1.807, 2.05) is 17.4 Å². The van der Waals surface area contributed by atoms with Crippen LogP contribution in [0.3, 0.4) is 0 Å². The molecule has 1 nitrogen and oxygen atoms in total. The van der Waals surface area contributed by atoms with Gasteiger partial charge in [-0.2, -0.15) is 0 Å². The minimum atomic E-state index is 0.531. The van der Waals surface area contributed by atoms with E-state index in [1.165, 1.54) is 81.9 Å². The van der Waals surface area contributed by atoms with Gasteiger partial charge in [0.1, 0.15) is 5.75 Å². The van der Waals surface area contributed by atoms with Crippen molar-refractivity contribution < 1.29 is 5.11 Å². The molecule has 1 N–H and O–H groups in total. The van der Waals surface area contributed by atoms with Gasteiger partial charge < -0.3 is 5.11 Å². The molecule has 1 aromatic heterocycles. The zero-order valence-electron chi connectivity index (χ0n) is 16.5. The average Bonchev–Trinajstić information content (AvgIpc) is 2.97. The van der Waals surface area contributed by atoms with Gasteiger partial charge in [-0.25, -0.2) is 0 Å². The Labute approximate surface area is 167 Å². The lowest BCUT2D eigenvalue weighted by molar-refractivity contribution is -0.143. The molecule has 8 aliphatic rings. The molecule has 1 aromatic rings. The van der Waals surface area contributed by atoms with Crippen molar-refractivity contribution in [2.24, 2.45) is 46.3 Å². The fraction of sp³-hybridized carbons (Fsp3) is 0.840. The quantitative estimate of drug-likeness (QED) is 0.598. The Morgan fingerprint density at radius 2 is 1.07 bits per heavy atom. The maximum atomic E-state index is 10.9. The summed E-state index contributed by atoms with van der Waals surface area (Å²) in [7, 11) is 0. The lowest BCUT2D eigenvalue weighted by atomic mass is 9.38. The Kier molecular flexibility index (Phi) is 3.23. The zero-order valence-corrected chi connectivity index (χ0v) is 17.4. The third-order valence-electron chi connectivity index (χ3n) is 10.3. The highest BCUT2D eigenvalue weighted by molar-refractivity contribution is 7.10. The summed E-state index contributed by atoms with van der Waals surface area (Å²) in [5, 5.41) is 13.1. The van der Waals surface area contributed by atoms with Crippen LogP contribution in [0.1, 0.15) is 87.8 Å². The van der Waals surface area contributed by atoms with Crippen LogP contribution >= 0.6 is 11.3 Å². The van der Waals surface area contributed by atoms with Crippen LogP contribution in [0.15, 0.2) is 11.4 Å². The highest BCUT2D eigenvalue weighted by atomic mass is 32.1. The first-order valence-corrected chi connectivity index (χ1v) is 12.8. The molecule has 9 rings (SSSR count). The van der Waals surface area contributed by atoms with Gasteiger partial charge in [-0.3, -0.25) is 0 Å². The maximum Gasteiger partial charge on any atom is 0.129 e. The summed E-state index contributed by atoms with van der Waals surface area (Å²) >= 11 is 1.91. The third-order valence-corrected chi connectivity index (χ3v) is 11.3. The maximum absolute atomic E-state index is 10.9. The normalized spacial score (nSPS) is 53.2. The lowest BCUT2D eigenvalue weighted by Crippen LogP contribution is -2.57. The van der Waals surface area contributed by atoms with E-state index >= 15 is 0 Å². The third kappa shape index (κ3) is 2.23. The van der Waals surface area contributed by atoms with Gasteiger partial charge >= 0.3 is 0 Å². The molecule has 8 aliphatic carbocycles. The van der Waals surface area contributed by atoms with Crippen LogP contribution < -0.4 is 0 Å². The zero-order chi connectivity index (χ0) is 17.8. The molecule has 146 valence electrons. The largest absolute Gasteiger partial charge is 0.507 e. The Balaban J connectivity index is 1.38. The Morgan fingerprint density at radius 1 is 0.704 bits per heavy atom. The first kappa shape index (κ1) is 16.3. The van der Waals surface area contributed by atoms with Gasteiger partial charge in [0.2, 0.25) is 0 Å². The number of aromatic hydroxyl groups is 1. The average molecular weight is 383 g/mol. The van der Waals surface area contributed by atoms with E-state index in [1.54, 1.807) is 0 Å². The van der Waals surface area contributed by atoms with Crippen molar-refractivity contribution in [1.29, 1.82) is 0 Å². The molecule has 0 aromatic carbocycles. The van der Waals surface area contributed by atoms with Gasteiger partial charge in [-0.15, -0.1) is 11.3 Å². The van der Waals surface area contributed by atoms with Crippen molar-refractivity contribution in [2.45, 2.75) is 83.0 Å². The standard InChI is InChI=1S/C25H34OS/c26-21-1-2-27-22(21)23(24-9-15-3-16(10-24)5-17(4-15)11-24)25-12-18-6-19(13-25)8-20(7-18)14-25/h1-2,15-20,23,26H,3-14H2. The SMILES string of the molecule is Oc1ccsc1C(C12CC3CC(CC(C3)C1)C2)C12CC3CC(CC(C3)C1)C2. The molecule has 0 aliphatic heterocycles. The molecule has 1 heterocycles. The van der Waals surface area contributed by atoms with E-state index in [0.717, 1.165) is 35.5 Å². The Hall–Kier alpha value is -0.500. The summed E-state index contributed by atoms with van der Waals surface area (Å²) < 4.78 is 0. The smallest absolute Gasteiger partial charge is 0.129 e. The van der Waals surface area contributed by atoms with Crippen LogP contribution in [0, 0.1) is 46.3 Å². The molecule has 0 spiro atoms. The van der Waals surface area contributed by atoms with E-state index in [0.29, 0.717) is 22.5 Å². The van der Waals surface area contributed by atoms with Crippen LogP contribution in [0.4, 0.5) is 0 Å². The Bertz CT molecular complexity index is 646. The van der Waals surface area contributed by atoms with Crippen LogP contribution in [0.25, 0.3) is 0 Å². The second-order valence-corrected chi connectivity index (χ2v) is 13.1. The first-order valence-electron chi connectivity index (χ1n) is 11.9. The number of rotatable bonds is 3. The van der Waals surface area contributed by atoms with E-state index in [-0.39, 0.29) is 0 Å². The molecule has 8 bridgehead atoms. The lowest BCUT2D eigenvalue weighted by Gasteiger charge is -2.67. The minimum Gasteiger partial charge on any atom is -0.507 e. The molecule has 27 heavy (non-hydrogen) atoms. The van der Waals surface area contributed by atoms with Crippen LogP contribution in [0.5, 0.6) is 5.75 Å². The van der Waals surface area contributed by atoms with Gasteiger partial charge in [0.25, 0.3) is 0 Å². The molecule has 8 saturated carbocycles. The van der Waals surface area contributed by atoms with Crippen LogP contribution in [0.2, 0.25) is 0 Å². The molecular formula is C25H34OS. The van der Waals surface area contributed by atoms with Gasteiger partial charge in [0, 0.05) is 5.92 Å². The molecule has 0 amide bonds. The van der Waals surface area contributed by atoms with Crippen molar-refractivity contribution in [3.8, 4) is 5.75 Å². The second kappa shape index (κ2) is 5.35.